The topological polar surface area (TPSA) is 26.0 Å². The SMILES string of the molecule is C#CCC/C=C/CCN. The third-order valence-electron chi connectivity index (χ3n) is 0.955. The van der Waals surface area contributed by atoms with Gasteiger partial charge in [-0.3, -0.25) is 0 Å². The summed E-state index contributed by atoms with van der Waals surface area (Å²) in [6.07, 6.45) is 12.0. The zero-order chi connectivity index (χ0) is 6.95. The van der Waals surface area contributed by atoms with Gasteiger partial charge in [-0.05, 0) is 19.4 Å². The van der Waals surface area contributed by atoms with E-state index in [1.165, 1.54) is 0 Å². The lowest BCUT2D eigenvalue weighted by Crippen LogP contribution is -1.94. The minimum Gasteiger partial charge on any atom is -0.330 e. The van der Waals surface area contributed by atoms with Crippen molar-refractivity contribution in [2.45, 2.75) is 19.3 Å². The van der Waals surface area contributed by atoms with Gasteiger partial charge < -0.3 is 5.73 Å². The van der Waals surface area contributed by atoms with E-state index in [4.69, 9.17) is 12.2 Å². The van der Waals surface area contributed by atoms with Gasteiger partial charge in [0.1, 0.15) is 0 Å². The Kier molecular flexibility index (Phi) is 6.66. The number of hydrogen-bond donors (Lipinski definition) is 1. The average Bonchev–Trinajstić information content (AvgIpc) is 1.89. The molecule has 0 rings (SSSR count). The van der Waals surface area contributed by atoms with Crippen LogP contribution in [0.2, 0.25) is 0 Å². The summed E-state index contributed by atoms with van der Waals surface area (Å²) in [5, 5.41) is 0. The van der Waals surface area contributed by atoms with E-state index in [9.17, 15) is 0 Å². The second kappa shape index (κ2) is 7.26. The fourth-order valence-electron chi connectivity index (χ4n) is 0.499. The summed E-state index contributed by atoms with van der Waals surface area (Å²) in [6, 6.07) is 0. The summed E-state index contributed by atoms with van der Waals surface area (Å²) in [5.41, 5.74) is 5.25. The molecule has 0 aliphatic rings. The quantitative estimate of drug-likeness (QED) is 0.340. The van der Waals surface area contributed by atoms with E-state index < -0.39 is 0 Å². The van der Waals surface area contributed by atoms with Crippen molar-refractivity contribution in [2.24, 2.45) is 5.73 Å². The number of unbranched alkanes of at least 4 members (excludes halogenated alkanes) is 1. The van der Waals surface area contributed by atoms with Crippen molar-refractivity contribution in [1.29, 1.82) is 0 Å². The monoisotopic (exact) mass is 123 g/mol. The minimum absolute atomic E-state index is 0.729. The molecule has 0 aromatic heterocycles. The molecule has 0 radical (unpaired) electrons. The molecule has 0 aromatic carbocycles. The van der Waals surface area contributed by atoms with Gasteiger partial charge in [0.05, 0.1) is 0 Å². The smallest absolute Gasteiger partial charge is 0.0121 e. The molecule has 0 atom stereocenters. The first-order chi connectivity index (χ1) is 4.41. The van der Waals surface area contributed by atoms with Crippen molar-refractivity contribution in [3.8, 4) is 12.3 Å². The van der Waals surface area contributed by atoms with E-state index in [0.717, 1.165) is 25.8 Å². The van der Waals surface area contributed by atoms with Crippen molar-refractivity contribution in [1.82, 2.24) is 0 Å². The third kappa shape index (κ3) is 7.26. The van der Waals surface area contributed by atoms with Crippen LogP contribution in [0.25, 0.3) is 0 Å². The highest BCUT2D eigenvalue weighted by Crippen LogP contribution is 1.89. The Bertz CT molecular complexity index is 108. The number of nitrogens with two attached hydrogens (primary N) is 1. The van der Waals surface area contributed by atoms with Crippen molar-refractivity contribution in [3.63, 3.8) is 0 Å². The van der Waals surface area contributed by atoms with Crippen LogP contribution < -0.4 is 5.73 Å². The summed E-state index contributed by atoms with van der Waals surface area (Å²) >= 11 is 0. The molecule has 0 aromatic rings. The molecule has 0 fully saturated rings. The van der Waals surface area contributed by atoms with Crippen LogP contribution in [0.5, 0.6) is 0 Å². The molecule has 0 saturated heterocycles. The molecule has 0 aliphatic heterocycles. The summed E-state index contributed by atoms with van der Waals surface area (Å²) in [7, 11) is 0. The molecule has 50 valence electrons. The molecule has 9 heavy (non-hydrogen) atoms. The van der Waals surface area contributed by atoms with Crippen LogP contribution in [0.4, 0.5) is 0 Å². The summed E-state index contributed by atoms with van der Waals surface area (Å²) in [5.74, 6) is 2.56. The van der Waals surface area contributed by atoms with Gasteiger partial charge in [0, 0.05) is 6.42 Å². The minimum atomic E-state index is 0.729. The Labute approximate surface area is 56.9 Å². The molecular formula is C8H13N. The zero-order valence-corrected chi connectivity index (χ0v) is 5.64. The maximum Gasteiger partial charge on any atom is 0.0121 e. The highest BCUT2D eigenvalue weighted by Gasteiger charge is 1.74. The van der Waals surface area contributed by atoms with Gasteiger partial charge in [-0.1, -0.05) is 12.2 Å². The predicted molar refractivity (Wildman–Crippen MR) is 40.9 cm³/mol. The van der Waals surface area contributed by atoms with E-state index in [1.807, 2.05) is 0 Å². The van der Waals surface area contributed by atoms with E-state index in [2.05, 4.69) is 18.1 Å². The highest BCUT2D eigenvalue weighted by molar-refractivity contribution is 4.90. The highest BCUT2D eigenvalue weighted by atomic mass is 14.5. The van der Waals surface area contributed by atoms with Crippen LogP contribution in [0.3, 0.4) is 0 Å². The molecular weight excluding hydrogens is 110 g/mol. The van der Waals surface area contributed by atoms with Gasteiger partial charge >= 0.3 is 0 Å². The fourth-order valence-corrected chi connectivity index (χ4v) is 0.499. The van der Waals surface area contributed by atoms with Crippen molar-refractivity contribution < 1.29 is 0 Å². The summed E-state index contributed by atoms with van der Waals surface area (Å²) in [6.45, 7) is 0.729. The third-order valence-corrected chi connectivity index (χ3v) is 0.955. The lowest BCUT2D eigenvalue weighted by Gasteiger charge is -1.83. The van der Waals surface area contributed by atoms with Crippen molar-refractivity contribution in [2.75, 3.05) is 6.54 Å². The van der Waals surface area contributed by atoms with Gasteiger partial charge in [0.15, 0.2) is 0 Å². The molecule has 1 nitrogen and oxygen atoms in total. The van der Waals surface area contributed by atoms with Crippen LogP contribution in [-0.2, 0) is 0 Å². The zero-order valence-electron chi connectivity index (χ0n) is 5.64. The van der Waals surface area contributed by atoms with Crippen LogP contribution >= 0.6 is 0 Å². The molecule has 0 spiro atoms. The maximum absolute atomic E-state index is 5.25. The van der Waals surface area contributed by atoms with E-state index in [-0.39, 0.29) is 0 Å². The lowest BCUT2D eigenvalue weighted by molar-refractivity contribution is 0.989. The Hall–Kier alpha value is -0.740. The molecule has 0 aliphatic carbocycles. The molecule has 0 amide bonds. The lowest BCUT2D eigenvalue weighted by atomic mass is 10.3. The van der Waals surface area contributed by atoms with E-state index in [0.29, 0.717) is 0 Å². The summed E-state index contributed by atoms with van der Waals surface area (Å²) < 4.78 is 0. The molecule has 2 N–H and O–H groups in total. The van der Waals surface area contributed by atoms with Crippen molar-refractivity contribution >= 4 is 0 Å². The Morgan fingerprint density at radius 1 is 1.33 bits per heavy atom. The van der Waals surface area contributed by atoms with Crippen molar-refractivity contribution in [3.05, 3.63) is 12.2 Å². The Morgan fingerprint density at radius 3 is 2.56 bits per heavy atom. The number of allylic oxidation sites excluding steroid dienone is 1. The Morgan fingerprint density at radius 2 is 2.00 bits per heavy atom. The molecule has 0 heterocycles. The van der Waals surface area contributed by atoms with Crippen LogP contribution in [-0.4, -0.2) is 6.54 Å². The first-order valence-corrected chi connectivity index (χ1v) is 3.20. The second-order valence-corrected chi connectivity index (χ2v) is 1.79. The average molecular weight is 123 g/mol. The fraction of sp³-hybridized carbons (Fsp3) is 0.500. The van der Waals surface area contributed by atoms with E-state index >= 15 is 0 Å². The largest absolute Gasteiger partial charge is 0.330 e. The van der Waals surface area contributed by atoms with Crippen LogP contribution in [0.15, 0.2) is 12.2 Å². The standard InChI is InChI=1S/C8H13N/c1-2-3-4-5-6-7-8-9/h1,5-6H,3-4,7-9H2/b6-5+. The molecule has 0 unspecified atom stereocenters. The summed E-state index contributed by atoms with van der Waals surface area (Å²) in [4.78, 5) is 0. The van der Waals surface area contributed by atoms with Crippen LogP contribution in [0, 0.1) is 12.3 Å². The first-order valence-electron chi connectivity index (χ1n) is 3.20. The first kappa shape index (κ1) is 8.26. The number of terminal acetylenes is 1. The molecule has 0 saturated carbocycles. The van der Waals surface area contributed by atoms with E-state index in [1.54, 1.807) is 0 Å². The normalized spacial score (nSPS) is 9.78. The van der Waals surface area contributed by atoms with Gasteiger partial charge in [-0.15, -0.1) is 12.3 Å². The van der Waals surface area contributed by atoms with Crippen LogP contribution in [0.1, 0.15) is 19.3 Å². The predicted octanol–water partition coefficient (Wildman–Crippen LogP) is 1.30. The number of rotatable bonds is 4. The van der Waals surface area contributed by atoms with Gasteiger partial charge in [-0.25, -0.2) is 0 Å². The molecule has 1 heteroatoms. The maximum atomic E-state index is 5.25. The Balaban J connectivity index is 2.97. The number of hydrogen-bond acceptors (Lipinski definition) is 1. The van der Waals surface area contributed by atoms with Gasteiger partial charge in [0.2, 0.25) is 0 Å². The van der Waals surface area contributed by atoms with Gasteiger partial charge in [0.25, 0.3) is 0 Å². The molecule has 0 bridgehead atoms. The van der Waals surface area contributed by atoms with Gasteiger partial charge in [-0.2, -0.15) is 0 Å². The second-order valence-electron chi connectivity index (χ2n) is 1.79.